The number of ether oxygens (including phenoxy) is 1. The van der Waals surface area contributed by atoms with Crippen molar-refractivity contribution in [3.05, 3.63) is 88.7 Å². The Hall–Kier alpha value is -3.40. The normalized spacial score (nSPS) is 12.7. The van der Waals surface area contributed by atoms with Crippen molar-refractivity contribution < 1.29 is 9.53 Å². The van der Waals surface area contributed by atoms with Gasteiger partial charge in [-0.3, -0.25) is 9.78 Å². The lowest BCUT2D eigenvalue weighted by molar-refractivity contribution is -0.157. The van der Waals surface area contributed by atoms with E-state index in [-0.39, 0.29) is 11.9 Å². The Morgan fingerprint density at radius 2 is 1.54 bits per heavy atom. The van der Waals surface area contributed by atoms with Crippen molar-refractivity contribution in [3.63, 3.8) is 0 Å². The first-order valence-electron chi connectivity index (χ1n) is 14.7. The zero-order valence-corrected chi connectivity index (χ0v) is 24.7. The molecule has 0 spiro atoms. The Morgan fingerprint density at radius 3 is 2.08 bits per heavy atom. The molecule has 0 amide bonds. The number of aromatic nitrogens is 2. The molecule has 206 valence electrons. The highest BCUT2D eigenvalue weighted by atomic mass is 16.5. The van der Waals surface area contributed by atoms with E-state index in [2.05, 4.69) is 101 Å². The Morgan fingerprint density at radius 1 is 0.923 bits per heavy atom. The minimum atomic E-state index is -0.691. The van der Waals surface area contributed by atoms with Gasteiger partial charge in [-0.15, -0.1) is 0 Å². The van der Waals surface area contributed by atoms with Gasteiger partial charge in [-0.05, 0) is 72.4 Å². The first kappa shape index (κ1) is 28.6. The molecular weight excluding hydrogens is 480 g/mol. The van der Waals surface area contributed by atoms with E-state index in [9.17, 15) is 4.79 Å². The fourth-order valence-corrected chi connectivity index (χ4v) is 6.20. The minimum Gasteiger partial charge on any atom is -0.466 e. The topological polar surface area (TPSA) is 55.0 Å². The number of aryl methyl sites for hydroxylation is 2. The van der Waals surface area contributed by atoms with Crippen LogP contribution >= 0.6 is 0 Å². The van der Waals surface area contributed by atoms with Crippen molar-refractivity contribution in [1.82, 2.24) is 9.97 Å². The molecule has 0 bridgehead atoms. The van der Waals surface area contributed by atoms with Gasteiger partial charge in [0.25, 0.3) is 0 Å². The number of H-pyrrole nitrogens is 1. The van der Waals surface area contributed by atoms with Crippen LogP contribution < -0.4 is 0 Å². The van der Waals surface area contributed by atoms with E-state index < -0.39 is 5.41 Å². The highest BCUT2D eigenvalue weighted by Gasteiger charge is 2.46. The molecule has 0 saturated heterocycles. The molecule has 0 radical (unpaired) electrons. The van der Waals surface area contributed by atoms with Crippen molar-refractivity contribution in [2.75, 3.05) is 6.61 Å². The van der Waals surface area contributed by atoms with Crippen LogP contribution in [-0.4, -0.2) is 22.5 Å². The molecule has 2 aromatic carbocycles. The zero-order chi connectivity index (χ0) is 28.2. The summed E-state index contributed by atoms with van der Waals surface area (Å²) >= 11 is 0. The zero-order valence-electron chi connectivity index (χ0n) is 24.7. The number of pyridine rings is 1. The van der Waals surface area contributed by atoms with Crippen molar-refractivity contribution in [1.29, 1.82) is 0 Å². The summed E-state index contributed by atoms with van der Waals surface area (Å²) < 4.78 is 5.76. The molecule has 0 aliphatic rings. The smallest absolute Gasteiger partial charge is 0.313 e. The second kappa shape index (κ2) is 12.2. The second-order valence-electron chi connectivity index (χ2n) is 10.9. The third-order valence-electron chi connectivity index (χ3n) is 8.60. The number of esters is 1. The van der Waals surface area contributed by atoms with Crippen LogP contribution in [0.1, 0.15) is 101 Å². The minimum absolute atomic E-state index is 0.124. The number of benzene rings is 2. The highest BCUT2D eigenvalue weighted by molar-refractivity contribution is 5.89. The van der Waals surface area contributed by atoms with Crippen molar-refractivity contribution >= 4 is 16.9 Å². The second-order valence-corrected chi connectivity index (χ2v) is 10.9. The molecular formula is C35H44N2O2. The van der Waals surface area contributed by atoms with Crippen LogP contribution in [0.3, 0.4) is 0 Å². The maximum atomic E-state index is 13.8. The van der Waals surface area contributed by atoms with E-state index >= 15 is 0 Å². The number of carbonyl (C=O) groups excluding carboxylic acids is 1. The number of nitrogens with one attached hydrogen (secondary N) is 1. The number of nitrogens with zero attached hydrogens (tertiary/aromatic N) is 1. The summed E-state index contributed by atoms with van der Waals surface area (Å²) in [5, 5.41) is 1.11. The first-order chi connectivity index (χ1) is 18.8. The molecule has 0 saturated carbocycles. The Kier molecular flexibility index (Phi) is 8.94. The monoisotopic (exact) mass is 524 g/mol. The van der Waals surface area contributed by atoms with Gasteiger partial charge in [-0.25, -0.2) is 0 Å². The largest absolute Gasteiger partial charge is 0.466 e. The fourth-order valence-electron chi connectivity index (χ4n) is 6.20. The number of fused-ring (bicyclic) bond motifs is 1. The quantitative estimate of drug-likeness (QED) is 0.199. The average Bonchev–Trinajstić information content (AvgIpc) is 3.38. The average molecular weight is 525 g/mol. The number of aromatic amines is 1. The van der Waals surface area contributed by atoms with Gasteiger partial charge >= 0.3 is 5.97 Å². The molecule has 2 aromatic heterocycles. The predicted octanol–water partition coefficient (Wildman–Crippen LogP) is 8.98. The summed E-state index contributed by atoms with van der Waals surface area (Å²) in [5.41, 5.74) is 8.68. The van der Waals surface area contributed by atoms with Gasteiger partial charge in [0.1, 0.15) is 0 Å². The van der Waals surface area contributed by atoms with E-state index in [0.29, 0.717) is 25.4 Å². The van der Waals surface area contributed by atoms with Crippen molar-refractivity contribution in [3.8, 4) is 11.3 Å². The van der Waals surface area contributed by atoms with E-state index in [1.54, 1.807) is 0 Å². The van der Waals surface area contributed by atoms with Crippen LogP contribution in [-0.2, 0) is 22.4 Å². The molecule has 0 fully saturated rings. The molecule has 4 heteroatoms. The lowest BCUT2D eigenvalue weighted by Crippen LogP contribution is -2.38. The maximum absolute atomic E-state index is 13.8. The molecule has 1 unspecified atom stereocenters. The maximum Gasteiger partial charge on any atom is 0.313 e. The SMILES string of the molecule is CCOC(=O)C(CC)(CC)C(c1ccc(C(C)C)cc1)c1c[nH]c2cnc(-c3c(CC)cccc3CC)cc12. The van der Waals surface area contributed by atoms with E-state index in [4.69, 9.17) is 9.72 Å². The number of carbonyl (C=O) groups is 1. The fraction of sp³-hybridized carbons (Fsp3) is 0.429. The number of hydrogen-bond acceptors (Lipinski definition) is 3. The lowest BCUT2D eigenvalue weighted by Gasteiger charge is -2.38. The van der Waals surface area contributed by atoms with Crippen LogP contribution in [0.4, 0.5) is 0 Å². The predicted molar refractivity (Wildman–Crippen MR) is 162 cm³/mol. The standard InChI is InChI=1S/C35H44N2O2/c1-8-24-14-13-15-25(9-2)32(24)30-20-28-29(21-36-31(28)22-37-30)33(27-18-16-26(17-19-27)23(6)7)35(10-3,11-4)34(38)39-12-5/h13-23,33,36H,8-12H2,1-7H3. The molecule has 0 aliphatic heterocycles. The molecule has 1 N–H and O–H groups in total. The van der Waals surface area contributed by atoms with Gasteiger partial charge in [0.05, 0.1) is 29.4 Å². The summed E-state index contributed by atoms with van der Waals surface area (Å²) in [4.78, 5) is 22.2. The molecule has 0 aliphatic carbocycles. The lowest BCUT2D eigenvalue weighted by atomic mass is 9.65. The highest BCUT2D eigenvalue weighted by Crippen LogP contribution is 2.49. The van der Waals surface area contributed by atoms with Gasteiger partial charge in [-0.2, -0.15) is 0 Å². The molecule has 1 atom stereocenters. The molecule has 4 aromatic rings. The van der Waals surface area contributed by atoms with Gasteiger partial charge in [0.15, 0.2) is 0 Å². The third-order valence-corrected chi connectivity index (χ3v) is 8.60. The first-order valence-corrected chi connectivity index (χ1v) is 14.7. The van der Waals surface area contributed by atoms with Crippen molar-refractivity contribution in [2.24, 2.45) is 5.41 Å². The molecule has 4 nitrogen and oxygen atoms in total. The van der Waals surface area contributed by atoms with Crippen LogP contribution in [0, 0.1) is 5.41 Å². The third kappa shape index (κ3) is 5.26. The van der Waals surface area contributed by atoms with Crippen LogP contribution in [0.25, 0.3) is 22.2 Å². The van der Waals surface area contributed by atoms with Gasteiger partial charge in [0.2, 0.25) is 0 Å². The Bertz CT molecular complexity index is 1390. The number of hydrogen-bond donors (Lipinski definition) is 1. The van der Waals surface area contributed by atoms with Crippen LogP contribution in [0.5, 0.6) is 0 Å². The van der Waals surface area contributed by atoms with E-state index in [0.717, 1.165) is 40.6 Å². The van der Waals surface area contributed by atoms with Gasteiger partial charge in [-0.1, -0.05) is 84.0 Å². The Labute approximate surface area is 234 Å². The molecule has 39 heavy (non-hydrogen) atoms. The Balaban J connectivity index is 1.99. The van der Waals surface area contributed by atoms with Gasteiger partial charge < -0.3 is 9.72 Å². The summed E-state index contributed by atoms with van der Waals surface area (Å²) in [5.74, 6) is 0.155. The summed E-state index contributed by atoms with van der Waals surface area (Å²) in [6.45, 7) is 15.3. The molecule has 2 heterocycles. The van der Waals surface area contributed by atoms with E-state index in [1.165, 1.54) is 22.3 Å². The van der Waals surface area contributed by atoms with Crippen molar-refractivity contribution in [2.45, 2.75) is 86.0 Å². The number of rotatable bonds is 11. The summed E-state index contributed by atoms with van der Waals surface area (Å²) in [7, 11) is 0. The van der Waals surface area contributed by atoms with E-state index in [1.807, 2.05) is 13.1 Å². The molecule has 4 rings (SSSR count). The summed E-state index contributed by atoms with van der Waals surface area (Å²) in [6.07, 6.45) is 7.30. The summed E-state index contributed by atoms with van der Waals surface area (Å²) in [6, 6.07) is 17.6. The van der Waals surface area contributed by atoms with Crippen LogP contribution in [0.15, 0.2) is 60.9 Å². The van der Waals surface area contributed by atoms with Gasteiger partial charge in [0, 0.05) is 23.1 Å². The van der Waals surface area contributed by atoms with Crippen LogP contribution in [0.2, 0.25) is 0 Å².